The standard InChI is InChI=1S/C18H15N3O2/c22-16-12-6-1-2-7-13(12)18-14-8-3-4-9-15(14)19-17(23)21(18)11-5-10-20(16)18/h1-4,6-9H,5,10-11H2,(H,19,23). The molecule has 0 aliphatic carbocycles. The molecule has 3 amide bonds. The number of nitrogens with one attached hydrogen (secondary N) is 1. The molecule has 1 spiro atoms. The molecule has 3 aliphatic heterocycles. The summed E-state index contributed by atoms with van der Waals surface area (Å²) >= 11 is 0. The number of hydrogen-bond acceptors (Lipinski definition) is 2. The van der Waals surface area contributed by atoms with Crippen molar-refractivity contribution in [2.45, 2.75) is 12.1 Å². The van der Waals surface area contributed by atoms with Gasteiger partial charge in [-0.3, -0.25) is 9.69 Å². The Morgan fingerprint density at radius 3 is 2.43 bits per heavy atom. The maximum Gasteiger partial charge on any atom is 0.324 e. The van der Waals surface area contributed by atoms with Gasteiger partial charge in [-0.1, -0.05) is 36.4 Å². The van der Waals surface area contributed by atoms with E-state index in [0.29, 0.717) is 18.7 Å². The summed E-state index contributed by atoms with van der Waals surface area (Å²) in [6.45, 7) is 1.30. The first-order valence-corrected chi connectivity index (χ1v) is 7.84. The van der Waals surface area contributed by atoms with Gasteiger partial charge in [0.2, 0.25) is 0 Å². The molecule has 1 atom stereocenters. The van der Waals surface area contributed by atoms with E-state index in [1.54, 1.807) is 0 Å². The molecule has 2 aromatic rings. The third-order valence-corrected chi connectivity index (χ3v) is 5.11. The van der Waals surface area contributed by atoms with Crippen molar-refractivity contribution in [1.82, 2.24) is 9.80 Å². The molecule has 3 heterocycles. The number of benzene rings is 2. The molecule has 0 saturated carbocycles. The van der Waals surface area contributed by atoms with E-state index in [-0.39, 0.29) is 11.9 Å². The lowest BCUT2D eigenvalue weighted by molar-refractivity contribution is -0.0121. The number of hydrogen-bond donors (Lipinski definition) is 1. The maximum absolute atomic E-state index is 13.0. The Bertz CT molecular complexity index is 863. The van der Waals surface area contributed by atoms with Crippen LogP contribution in [0.1, 0.15) is 27.9 Å². The minimum Gasteiger partial charge on any atom is -0.307 e. The molecule has 0 radical (unpaired) electrons. The van der Waals surface area contributed by atoms with Gasteiger partial charge in [0.25, 0.3) is 5.91 Å². The van der Waals surface area contributed by atoms with Gasteiger partial charge in [-0.2, -0.15) is 0 Å². The summed E-state index contributed by atoms with van der Waals surface area (Å²) in [6.07, 6.45) is 0.789. The molecule has 3 aliphatic rings. The van der Waals surface area contributed by atoms with Crippen molar-refractivity contribution in [2.24, 2.45) is 0 Å². The van der Waals surface area contributed by atoms with E-state index < -0.39 is 5.66 Å². The van der Waals surface area contributed by atoms with Crippen molar-refractivity contribution in [1.29, 1.82) is 0 Å². The fraction of sp³-hybridized carbons (Fsp3) is 0.222. The molecule has 1 unspecified atom stereocenters. The molecular formula is C18H15N3O2. The second-order valence-electron chi connectivity index (χ2n) is 6.16. The average molecular weight is 305 g/mol. The van der Waals surface area contributed by atoms with E-state index >= 15 is 0 Å². The molecule has 5 rings (SSSR count). The molecule has 0 bridgehead atoms. The van der Waals surface area contributed by atoms with E-state index in [1.807, 2.05) is 58.3 Å². The van der Waals surface area contributed by atoms with Crippen LogP contribution in [0.5, 0.6) is 0 Å². The van der Waals surface area contributed by atoms with Crippen LogP contribution in [0, 0.1) is 0 Å². The average Bonchev–Trinajstić information content (AvgIpc) is 2.85. The van der Waals surface area contributed by atoms with Crippen LogP contribution < -0.4 is 5.32 Å². The van der Waals surface area contributed by atoms with Crippen LogP contribution in [0.25, 0.3) is 0 Å². The van der Waals surface area contributed by atoms with Crippen molar-refractivity contribution >= 4 is 17.6 Å². The largest absolute Gasteiger partial charge is 0.324 e. The van der Waals surface area contributed by atoms with Crippen LogP contribution in [0.3, 0.4) is 0 Å². The van der Waals surface area contributed by atoms with E-state index in [2.05, 4.69) is 5.32 Å². The van der Waals surface area contributed by atoms with Gasteiger partial charge in [0.05, 0.1) is 5.69 Å². The molecular weight excluding hydrogens is 290 g/mol. The van der Waals surface area contributed by atoms with Gasteiger partial charge in [0.15, 0.2) is 5.66 Å². The molecule has 23 heavy (non-hydrogen) atoms. The Morgan fingerprint density at radius 2 is 1.57 bits per heavy atom. The lowest BCUT2D eigenvalue weighted by atomic mass is 9.85. The van der Waals surface area contributed by atoms with E-state index in [9.17, 15) is 9.59 Å². The van der Waals surface area contributed by atoms with E-state index in [4.69, 9.17) is 0 Å². The van der Waals surface area contributed by atoms with Gasteiger partial charge in [-0.15, -0.1) is 0 Å². The van der Waals surface area contributed by atoms with Crippen LogP contribution in [-0.2, 0) is 5.66 Å². The van der Waals surface area contributed by atoms with Gasteiger partial charge >= 0.3 is 6.03 Å². The van der Waals surface area contributed by atoms with Gasteiger partial charge in [0.1, 0.15) is 0 Å². The normalized spacial score (nSPS) is 24.5. The summed E-state index contributed by atoms with van der Waals surface area (Å²) in [5, 5.41) is 2.96. The van der Waals surface area contributed by atoms with Crippen LogP contribution in [0.2, 0.25) is 0 Å². The Morgan fingerprint density at radius 1 is 0.870 bits per heavy atom. The van der Waals surface area contributed by atoms with Gasteiger partial charge < -0.3 is 10.2 Å². The molecule has 0 aromatic heterocycles. The van der Waals surface area contributed by atoms with Crippen molar-refractivity contribution in [2.75, 3.05) is 18.4 Å². The fourth-order valence-electron chi connectivity index (χ4n) is 4.28. The number of anilines is 1. The van der Waals surface area contributed by atoms with Crippen molar-refractivity contribution < 1.29 is 9.59 Å². The highest BCUT2D eigenvalue weighted by Crippen LogP contribution is 2.52. The summed E-state index contributed by atoms with van der Waals surface area (Å²) in [6, 6.07) is 15.3. The number of nitrogens with zero attached hydrogens (tertiary/aromatic N) is 2. The summed E-state index contributed by atoms with van der Waals surface area (Å²) in [4.78, 5) is 29.4. The van der Waals surface area contributed by atoms with Crippen molar-refractivity contribution in [3.63, 3.8) is 0 Å². The molecule has 1 saturated heterocycles. The maximum atomic E-state index is 13.0. The van der Waals surface area contributed by atoms with Gasteiger partial charge in [0, 0.05) is 29.8 Å². The summed E-state index contributed by atoms with van der Waals surface area (Å²) in [5.74, 6) is 0.00908. The number of amides is 3. The molecule has 5 heteroatoms. The number of urea groups is 1. The number of rotatable bonds is 0. The summed E-state index contributed by atoms with van der Waals surface area (Å²) in [5.41, 5.74) is 2.56. The minimum atomic E-state index is -0.801. The predicted octanol–water partition coefficient (Wildman–Crippen LogP) is 2.59. The zero-order chi connectivity index (χ0) is 15.6. The first-order valence-electron chi connectivity index (χ1n) is 7.84. The molecule has 1 N–H and O–H groups in total. The highest BCUT2D eigenvalue weighted by atomic mass is 16.2. The quantitative estimate of drug-likeness (QED) is 0.813. The summed E-state index contributed by atoms with van der Waals surface area (Å²) in [7, 11) is 0. The zero-order valence-corrected chi connectivity index (χ0v) is 12.5. The van der Waals surface area contributed by atoms with E-state index in [0.717, 1.165) is 23.2 Å². The third kappa shape index (κ3) is 1.33. The molecule has 1 fully saturated rings. The SMILES string of the molecule is O=C1Nc2ccccc2C23c4ccccc4C(=O)N2CCCN13. The van der Waals surface area contributed by atoms with Gasteiger partial charge in [-0.25, -0.2) is 4.79 Å². The topological polar surface area (TPSA) is 52.7 Å². The number of carbonyl (C=O) groups is 2. The lowest BCUT2D eigenvalue weighted by Gasteiger charge is -2.53. The first-order chi connectivity index (χ1) is 11.2. The fourth-order valence-corrected chi connectivity index (χ4v) is 4.28. The monoisotopic (exact) mass is 305 g/mol. The highest BCUT2D eigenvalue weighted by molar-refractivity contribution is 6.04. The third-order valence-electron chi connectivity index (χ3n) is 5.11. The predicted molar refractivity (Wildman–Crippen MR) is 85.0 cm³/mol. The first kappa shape index (κ1) is 12.7. The number of fused-ring (bicyclic) bond motifs is 2. The highest BCUT2D eigenvalue weighted by Gasteiger charge is 2.60. The van der Waals surface area contributed by atoms with Crippen LogP contribution >= 0.6 is 0 Å². The van der Waals surface area contributed by atoms with Crippen LogP contribution in [-0.4, -0.2) is 34.8 Å². The van der Waals surface area contributed by atoms with E-state index in [1.165, 1.54) is 0 Å². The second-order valence-corrected chi connectivity index (χ2v) is 6.16. The zero-order valence-electron chi connectivity index (χ0n) is 12.5. The Labute approximate surface area is 133 Å². The minimum absolute atomic E-state index is 0.00908. The molecule has 2 aromatic carbocycles. The smallest absolute Gasteiger partial charge is 0.307 e. The number of para-hydroxylation sites is 1. The second kappa shape index (κ2) is 4.13. The van der Waals surface area contributed by atoms with Crippen molar-refractivity contribution in [3.05, 3.63) is 65.2 Å². The Kier molecular flexibility index (Phi) is 2.28. The van der Waals surface area contributed by atoms with Crippen molar-refractivity contribution in [3.8, 4) is 0 Å². The lowest BCUT2D eigenvalue weighted by Crippen LogP contribution is -2.65. The number of carbonyl (C=O) groups excluding carboxylic acids is 2. The van der Waals surface area contributed by atoms with Crippen LogP contribution in [0.4, 0.5) is 10.5 Å². The Balaban J connectivity index is 1.91. The van der Waals surface area contributed by atoms with Crippen LogP contribution in [0.15, 0.2) is 48.5 Å². The molecule has 5 nitrogen and oxygen atoms in total. The molecule has 114 valence electrons. The van der Waals surface area contributed by atoms with Gasteiger partial charge in [-0.05, 0) is 18.6 Å². The Hall–Kier alpha value is -2.82. The summed E-state index contributed by atoms with van der Waals surface area (Å²) < 4.78 is 0.